The van der Waals surface area contributed by atoms with E-state index in [4.69, 9.17) is 9.84 Å². The van der Waals surface area contributed by atoms with Crippen LogP contribution in [0, 0.1) is 0 Å². The lowest BCUT2D eigenvalue weighted by molar-refractivity contribution is 0.113. The van der Waals surface area contributed by atoms with Gasteiger partial charge in [0.05, 0.1) is 25.4 Å². The predicted octanol–water partition coefficient (Wildman–Crippen LogP) is 2.39. The van der Waals surface area contributed by atoms with Gasteiger partial charge in [-0.25, -0.2) is 0 Å². The van der Waals surface area contributed by atoms with Crippen LogP contribution in [0.2, 0.25) is 0 Å². The molecule has 1 aromatic heterocycles. The lowest BCUT2D eigenvalue weighted by Gasteiger charge is -2.13. The minimum Gasteiger partial charge on any atom is -0.496 e. The van der Waals surface area contributed by atoms with E-state index in [0.717, 1.165) is 11.3 Å². The first-order chi connectivity index (χ1) is 12.2. The van der Waals surface area contributed by atoms with E-state index >= 15 is 0 Å². The summed E-state index contributed by atoms with van der Waals surface area (Å²) < 4.78 is 7.38. The number of thioether (sulfide) groups is 1. The third-order valence-corrected chi connectivity index (χ3v) is 4.69. The third kappa shape index (κ3) is 3.84. The standard InChI is InChI=1S/C18H19N3O3S/c1-24-16-10-6-5-9-15(16)17-19-20-18(25-12-14(23)11-22)21(17)13-7-3-2-4-8-13/h2-10,14,22-23H,11-12H2,1H3. The van der Waals surface area contributed by atoms with Crippen molar-refractivity contribution in [1.29, 1.82) is 0 Å². The highest BCUT2D eigenvalue weighted by atomic mass is 32.2. The molecule has 0 aliphatic heterocycles. The smallest absolute Gasteiger partial charge is 0.196 e. The molecule has 1 atom stereocenters. The highest BCUT2D eigenvalue weighted by Crippen LogP contribution is 2.33. The molecule has 0 aliphatic carbocycles. The van der Waals surface area contributed by atoms with Gasteiger partial charge in [-0.15, -0.1) is 10.2 Å². The maximum Gasteiger partial charge on any atom is 0.196 e. The van der Waals surface area contributed by atoms with Crippen molar-refractivity contribution in [3.05, 3.63) is 54.6 Å². The molecule has 0 saturated carbocycles. The van der Waals surface area contributed by atoms with Gasteiger partial charge in [-0.1, -0.05) is 42.1 Å². The molecule has 0 aliphatic rings. The fraction of sp³-hybridized carbons (Fsp3) is 0.222. The molecule has 0 radical (unpaired) electrons. The molecule has 6 nitrogen and oxygen atoms in total. The summed E-state index contributed by atoms with van der Waals surface area (Å²) in [5.41, 5.74) is 1.74. The van der Waals surface area contributed by atoms with E-state index in [1.54, 1.807) is 7.11 Å². The van der Waals surface area contributed by atoms with Gasteiger partial charge < -0.3 is 14.9 Å². The van der Waals surface area contributed by atoms with E-state index in [-0.39, 0.29) is 6.61 Å². The molecule has 2 N–H and O–H groups in total. The van der Waals surface area contributed by atoms with Gasteiger partial charge >= 0.3 is 0 Å². The molecular weight excluding hydrogens is 338 g/mol. The van der Waals surface area contributed by atoms with E-state index in [9.17, 15) is 5.11 Å². The fourth-order valence-corrected chi connectivity index (χ4v) is 3.27. The Morgan fingerprint density at radius 1 is 1.08 bits per heavy atom. The molecule has 3 aromatic rings. The van der Waals surface area contributed by atoms with Crippen LogP contribution in [0.4, 0.5) is 0 Å². The van der Waals surface area contributed by atoms with Crippen LogP contribution in [0.5, 0.6) is 5.75 Å². The van der Waals surface area contributed by atoms with E-state index in [1.165, 1.54) is 11.8 Å². The second kappa shape index (κ2) is 8.15. The van der Waals surface area contributed by atoms with Crippen LogP contribution < -0.4 is 4.74 Å². The average molecular weight is 357 g/mol. The third-order valence-electron chi connectivity index (χ3n) is 3.61. The van der Waals surface area contributed by atoms with Crippen molar-refractivity contribution in [2.75, 3.05) is 19.5 Å². The largest absolute Gasteiger partial charge is 0.496 e. The molecule has 1 heterocycles. The van der Waals surface area contributed by atoms with Crippen molar-refractivity contribution in [3.63, 3.8) is 0 Å². The van der Waals surface area contributed by atoms with Crippen LogP contribution in [0.15, 0.2) is 59.8 Å². The zero-order chi connectivity index (χ0) is 17.6. The first-order valence-electron chi connectivity index (χ1n) is 7.80. The lowest BCUT2D eigenvalue weighted by atomic mass is 10.2. The van der Waals surface area contributed by atoms with Crippen molar-refractivity contribution >= 4 is 11.8 Å². The highest BCUT2D eigenvalue weighted by Gasteiger charge is 2.19. The molecule has 0 saturated heterocycles. The topological polar surface area (TPSA) is 80.4 Å². The normalized spacial score (nSPS) is 12.1. The van der Waals surface area contributed by atoms with Crippen LogP contribution in [0.25, 0.3) is 17.1 Å². The summed E-state index contributed by atoms with van der Waals surface area (Å²) in [6.07, 6.45) is -0.805. The first kappa shape index (κ1) is 17.5. The van der Waals surface area contributed by atoms with E-state index < -0.39 is 6.10 Å². The summed E-state index contributed by atoms with van der Waals surface area (Å²) in [5.74, 6) is 1.69. The number of benzene rings is 2. The summed E-state index contributed by atoms with van der Waals surface area (Å²) in [6.45, 7) is -0.286. The number of nitrogens with zero attached hydrogens (tertiary/aromatic N) is 3. The fourth-order valence-electron chi connectivity index (χ4n) is 2.40. The Morgan fingerprint density at radius 2 is 1.80 bits per heavy atom. The zero-order valence-electron chi connectivity index (χ0n) is 13.7. The molecule has 0 spiro atoms. The summed E-state index contributed by atoms with van der Waals surface area (Å²) in [7, 11) is 1.62. The van der Waals surface area contributed by atoms with Gasteiger partial charge in [0, 0.05) is 11.4 Å². The summed E-state index contributed by atoms with van der Waals surface area (Å²) in [5, 5.41) is 27.9. The van der Waals surface area contributed by atoms with E-state index in [2.05, 4.69) is 10.2 Å². The molecule has 0 fully saturated rings. The van der Waals surface area contributed by atoms with Crippen LogP contribution >= 0.6 is 11.8 Å². The predicted molar refractivity (Wildman–Crippen MR) is 97.2 cm³/mol. The molecule has 130 valence electrons. The summed E-state index contributed by atoms with van der Waals surface area (Å²) in [6, 6.07) is 17.4. The van der Waals surface area contributed by atoms with E-state index in [1.807, 2.05) is 59.2 Å². The van der Waals surface area contributed by atoms with Crippen LogP contribution in [0.3, 0.4) is 0 Å². The Balaban J connectivity index is 2.08. The summed E-state index contributed by atoms with van der Waals surface area (Å²) >= 11 is 1.34. The lowest BCUT2D eigenvalue weighted by Crippen LogP contribution is -2.15. The van der Waals surface area contributed by atoms with Gasteiger partial charge in [0.15, 0.2) is 11.0 Å². The van der Waals surface area contributed by atoms with Gasteiger partial charge in [0.2, 0.25) is 0 Å². The number of rotatable bonds is 7. The maximum atomic E-state index is 9.64. The van der Waals surface area contributed by atoms with Crippen LogP contribution in [-0.4, -0.2) is 50.6 Å². The second-order valence-electron chi connectivity index (χ2n) is 5.32. The Kier molecular flexibility index (Phi) is 5.70. The number of ether oxygens (including phenoxy) is 1. The van der Waals surface area contributed by atoms with Gasteiger partial charge in [-0.3, -0.25) is 4.57 Å². The Morgan fingerprint density at radius 3 is 2.52 bits per heavy atom. The number of hydrogen-bond donors (Lipinski definition) is 2. The second-order valence-corrected chi connectivity index (χ2v) is 6.31. The SMILES string of the molecule is COc1ccccc1-c1nnc(SCC(O)CO)n1-c1ccccc1. The molecule has 25 heavy (non-hydrogen) atoms. The first-order valence-corrected chi connectivity index (χ1v) is 8.79. The average Bonchev–Trinajstić information content (AvgIpc) is 3.10. The van der Waals surface area contributed by atoms with Crippen molar-refractivity contribution in [1.82, 2.24) is 14.8 Å². The Hall–Kier alpha value is -2.35. The molecule has 1 unspecified atom stereocenters. The number of para-hydroxylation sites is 2. The molecule has 7 heteroatoms. The van der Waals surface area contributed by atoms with Gasteiger partial charge in [0.25, 0.3) is 0 Å². The molecule has 3 rings (SSSR count). The van der Waals surface area contributed by atoms with Crippen molar-refractivity contribution in [2.45, 2.75) is 11.3 Å². The Bertz CT molecular complexity index is 823. The van der Waals surface area contributed by atoms with Crippen molar-refractivity contribution < 1.29 is 14.9 Å². The van der Waals surface area contributed by atoms with Crippen LogP contribution in [0.1, 0.15) is 0 Å². The highest BCUT2D eigenvalue weighted by molar-refractivity contribution is 7.99. The van der Waals surface area contributed by atoms with Crippen molar-refractivity contribution in [2.24, 2.45) is 0 Å². The maximum absolute atomic E-state index is 9.64. The van der Waals surface area contributed by atoms with E-state index in [0.29, 0.717) is 22.5 Å². The minimum atomic E-state index is -0.805. The Labute approximate surface area is 150 Å². The van der Waals surface area contributed by atoms with Crippen LogP contribution in [-0.2, 0) is 0 Å². The number of methoxy groups -OCH3 is 1. The van der Waals surface area contributed by atoms with Gasteiger partial charge in [0.1, 0.15) is 5.75 Å². The number of aliphatic hydroxyl groups is 2. The van der Waals surface area contributed by atoms with Gasteiger partial charge in [-0.2, -0.15) is 0 Å². The van der Waals surface area contributed by atoms with Crippen molar-refractivity contribution in [3.8, 4) is 22.8 Å². The number of aromatic nitrogens is 3. The molecule has 0 bridgehead atoms. The monoisotopic (exact) mass is 357 g/mol. The number of aliphatic hydroxyl groups excluding tert-OH is 2. The minimum absolute atomic E-state index is 0.286. The molecule has 0 amide bonds. The zero-order valence-corrected chi connectivity index (χ0v) is 14.6. The quantitative estimate of drug-likeness (QED) is 0.632. The molecular formula is C18H19N3O3S. The number of hydrogen-bond acceptors (Lipinski definition) is 6. The summed E-state index contributed by atoms with van der Waals surface area (Å²) in [4.78, 5) is 0. The van der Waals surface area contributed by atoms with Gasteiger partial charge in [-0.05, 0) is 24.3 Å². The molecule has 2 aromatic carbocycles.